The molecular formula is C35H31N9O2. The summed E-state index contributed by atoms with van der Waals surface area (Å²) in [7, 11) is 1.61. The van der Waals surface area contributed by atoms with Gasteiger partial charge in [0.2, 0.25) is 0 Å². The van der Waals surface area contributed by atoms with Crippen LogP contribution in [0.4, 0.5) is 0 Å². The number of pyridine rings is 1. The van der Waals surface area contributed by atoms with Gasteiger partial charge in [0.15, 0.2) is 11.5 Å². The summed E-state index contributed by atoms with van der Waals surface area (Å²) in [5.41, 5.74) is 7.26. The molecule has 11 heteroatoms. The summed E-state index contributed by atoms with van der Waals surface area (Å²) in [4.78, 5) is 22.3. The van der Waals surface area contributed by atoms with Gasteiger partial charge in [0.25, 0.3) is 5.91 Å². The van der Waals surface area contributed by atoms with E-state index >= 15 is 0 Å². The number of nitriles is 1. The molecule has 1 aliphatic carbocycles. The lowest BCUT2D eigenvalue weighted by atomic mass is 9.95. The van der Waals surface area contributed by atoms with Crippen LogP contribution in [0.2, 0.25) is 0 Å². The van der Waals surface area contributed by atoms with Crippen molar-refractivity contribution in [1.29, 1.82) is 5.26 Å². The van der Waals surface area contributed by atoms with Gasteiger partial charge < -0.3 is 14.6 Å². The molecule has 0 aliphatic heterocycles. The van der Waals surface area contributed by atoms with Crippen LogP contribution in [-0.4, -0.2) is 48.1 Å². The first kappa shape index (κ1) is 28.9. The molecule has 46 heavy (non-hydrogen) atoms. The fraction of sp³-hybridized carbons (Fsp3) is 0.229. The number of fused-ring (bicyclic) bond motifs is 1. The lowest BCUT2D eigenvalue weighted by Crippen LogP contribution is -2.18. The van der Waals surface area contributed by atoms with Crippen LogP contribution in [0.3, 0.4) is 0 Å². The number of hydrogen-bond donors (Lipinski definition) is 2. The number of imidazole rings is 1. The molecule has 3 aromatic heterocycles. The zero-order valence-corrected chi connectivity index (χ0v) is 25.3. The topological polar surface area (TPSA) is 147 Å². The van der Waals surface area contributed by atoms with Gasteiger partial charge in [0.1, 0.15) is 23.7 Å². The highest BCUT2D eigenvalue weighted by atomic mass is 16.5. The SMILES string of the molecule is CNC(=O)c1ccc(-c2ccc(C#N)cc2)c(COc2ccc(-c3nc4cc(-c5nnn[nH]5)cnc4n3C3CCCCC3)cc2)c1. The van der Waals surface area contributed by atoms with Gasteiger partial charge in [-0.3, -0.25) is 4.79 Å². The fourth-order valence-electron chi connectivity index (χ4n) is 6.15. The first-order valence-corrected chi connectivity index (χ1v) is 15.3. The number of hydrogen-bond acceptors (Lipinski definition) is 8. The number of benzene rings is 3. The van der Waals surface area contributed by atoms with Crippen molar-refractivity contribution in [2.45, 2.75) is 44.8 Å². The molecule has 7 rings (SSSR count). The third-order valence-corrected chi connectivity index (χ3v) is 8.51. The molecular weight excluding hydrogens is 578 g/mol. The Bertz CT molecular complexity index is 2040. The number of carbonyl (C=O) groups is 1. The van der Waals surface area contributed by atoms with E-state index in [2.05, 4.69) is 36.6 Å². The molecule has 11 nitrogen and oxygen atoms in total. The number of tetrazole rings is 1. The van der Waals surface area contributed by atoms with Crippen molar-refractivity contribution < 1.29 is 9.53 Å². The predicted octanol–water partition coefficient (Wildman–Crippen LogP) is 6.26. The molecule has 0 bridgehead atoms. The fourth-order valence-corrected chi connectivity index (χ4v) is 6.15. The van der Waals surface area contributed by atoms with E-state index in [9.17, 15) is 10.1 Å². The Hall–Kier alpha value is -5.89. The molecule has 0 atom stereocenters. The van der Waals surface area contributed by atoms with Crippen LogP contribution in [-0.2, 0) is 6.61 Å². The van der Waals surface area contributed by atoms with Crippen LogP contribution in [0.15, 0.2) is 79.0 Å². The van der Waals surface area contributed by atoms with E-state index in [0.29, 0.717) is 28.7 Å². The van der Waals surface area contributed by atoms with Crippen LogP contribution < -0.4 is 10.1 Å². The normalized spacial score (nSPS) is 13.4. The van der Waals surface area contributed by atoms with E-state index in [1.165, 1.54) is 19.3 Å². The highest BCUT2D eigenvalue weighted by Crippen LogP contribution is 2.36. The zero-order chi connectivity index (χ0) is 31.5. The van der Waals surface area contributed by atoms with Gasteiger partial charge in [-0.25, -0.2) is 15.1 Å². The van der Waals surface area contributed by atoms with E-state index in [0.717, 1.165) is 57.6 Å². The highest BCUT2D eigenvalue weighted by Gasteiger charge is 2.24. The van der Waals surface area contributed by atoms with E-state index in [-0.39, 0.29) is 12.5 Å². The van der Waals surface area contributed by atoms with Crippen molar-refractivity contribution in [3.63, 3.8) is 0 Å². The van der Waals surface area contributed by atoms with Crippen molar-refractivity contribution >= 4 is 17.1 Å². The van der Waals surface area contributed by atoms with Crippen LogP contribution in [0.25, 0.3) is 45.1 Å². The Morgan fingerprint density at radius 2 is 1.78 bits per heavy atom. The molecule has 0 spiro atoms. The number of nitrogens with zero attached hydrogens (tertiary/aromatic N) is 7. The highest BCUT2D eigenvalue weighted by molar-refractivity contribution is 5.95. The molecule has 3 aromatic carbocycles. The zero-order valence-electron chi connectivity index (χ0n) is 25.3. The number of H-pyrrole nitrogens is 1. The number of amides is 1. The molecule has 1 aliphatic rings. The Morgan fingerprint density at radius 1 is 1.00 bits per heavy atom. The van der Waals surface area contributed by atoms with Gasteiger partial charge >= 0.3 is 0 Å². The minimum atomic E-state index is -0.169. The number of carbonyl (C=O) groups excluding carboxylic acids is 1. The van der Waals surface area contributed by atoms with Gasteiger partial charge in [-0.2, -0.15) is 5.26 Å². The van der Waals surface area contributed by atoms with Crippen molar-refractivity contribution in [3.05, 3.63) is 95.7 Å². The maximum absolute atomic E-state index is 12.4. The summed E-state index contributed by atoms with van der Waals surface area (Å²) in [6.07, 6.45) is 7.59. The number of aromatic nitrogens is 7. The molecule has 228 valence electrons. The molecule has 1 fully saturated rings. The number of aromatic amines is 1. The average molecular weight is 610 g/mol. The predicted molar refractivity (Wildman–Crippen MR) is 173 cm³/mol. The summed E-state index contributed by atoms with van der Waals surface area (Å²) in [5, 5.41) is 26.1. The third-order valence-electron chi connectivity index (χ3n) is 8.51. The molecule has 1 amide bonds. The maximum atomic E-state index is 12.4. The standard InChI is InChI=1S/C35H31N9O2/c1-37-35(45)25-13-16-30(23-9-7-22(19-36)8-10-23)27(17-25)21-46-29-14-11-24(12-15-29)33-39-31-18-26(32-40-42-43-41-32)20-38-34(31)44(33)28-5-3-2-4-6-28/h7-18,20,28H,2-6,21H2,1H3,(H,37,45)(H,40,41,42,43). The lowest BCUT2D eigenvalue weighted by molar-refractivity contribution is 0.0963. The first-order chi connectivity index (χ1) is 22.6. The second-order valence-electron chi connectivity index (χ2n) is 11.4. The summed E-state index contributed by atoms with van der Waals surface area (Å²) in [5.74, 6) is 1.94. The number of rotatable bonds is 8. The smallest absolute Gasteiger partial charge is 0.251 e. The molecule has 1 saturated carbocycles. The van der Waals surface area contributed by atoms with Gasteiger partial charge in [-0.1, -0.05) is 37.5 Å². The maximum Gasteiger partial charge on any atom is 0.251 e. The van der Waals surface area contributed by atoms with E-state index < -0.39 is 0 Å². The van der Waals surface area contributed by atoms with Crippen LogP contribution >= 0.6 is 0 Å². The number of nitrogens with one attached hydrogen (secondary N) is 2. The Labute approximate surface area is 265 Å². The van der Waals surface area contributed by atoms with Crippen molar-refractivity contribution in [2.24, 2.45) is 0 Å². The Kier molecular flexibility index (Phi) is 7.91. The second kappa shape index (κ2) is 12.6. The van der Waals surface area contributed by atoms with E-state index in [1.54, 1.807) is 31.4 Å². The molecule has 3 heterocycles. The monoisotopic (exact) mass is 609 g/mol. The summed E-state index contributed by atoms with van der Waals surface area (Å²) in [6, 6.07) is 25.4. The molecule has 2 N–H and O–H groups in total. The van der Waals surface area contributed by atoms with Gasteiger partial charge in [0, 0.05) is 36.0 Å². The minimum Gasteiger partial charge on any atom is -0.489 e. The summed E-state index contributed by atoms with van der Waals surface area (Å²) in [6.45, 7) is 0.253. The lowest BCUT2D eigenvalue weighted by Gasteiger charge is -2.25. The van der Waals surface area contributed by atoms with Crippen LogP contribution in [0.5, 0.6) is 5.75 Å². The second-order valence-corrected chi connectivity index (χ2v) is 11.4. The summed E-state index contributed by atoms with van der Waals surface area (Å²) < 4.78 is 8.57. The minimum absolute atomic E-state index is 0.169. The summed E-state index contributed by atoms with van der Waals surface area (Å²) >= 11 is 0. The number of ether oxygens (including phenoxy) is 1. The van der Waals surface area contributed by atoms with Crippen molar-refractivity contribution in [3.8, 4) is 45.7 Å². The van der Waals surface area contributed by atoms with Crippen LogP contribution in [0.1, 0.15) is 59.6 Å². The Balaban J connectivity index is 1.18. The quantitative estimate of drug-likeness (QED) is 0.205. The van der Waals surface area contributed by atoms with E-state index in [4.69, 9.17) is 14.7 Å². The van der Waals surface area contributed by atoms with Crippen molar-refractivity contribution in [1.82, 2.24) is 40.5 Å². The van der Waals surface area contributed by atoms with Gasteiger partial charge in [0.05, 0.1) is 11.6 Å². The average Bonchev–Trinajstić information content (AvgIpc) is 3.80. The van der Waals surface area contributed by atoms with Crippen molar-refractivity contribution in [2.75, 3.05) is 7.05 Å². The molecule has 0 radical (unpaired) electrons. The first-order valence-electron chi connectivity index (χ1n) is 15.3. The third kappa shape index (κ3) is 5.68. The van der Waals surface area contributed by atoms with E-state index in [1.807, 2.05) is 54.6 Å². The largest absolute Gasteiger partial charge is 0.489 e. The molecule has 6 aromatic rings. The van der Waals surface area contributed by atoms with Crippen LogP contribution in [0, 0.1) is 11.3 Å². The van der Waals surface area contributed by atoms with Gasteiger partial charge in [-0.15, -0.1) is 5.10 Å². The molecule has 0 saturated heterocycles. The molecule has 0 unspecified atom stereocenters. The van der Waals surface area contributed by atoms with Gasteiger partial charge in [-0.05, 0) is 94.6 Å². The Morgan fingerprint density at radius 3 is 2.50 bits per heavy atom.